The van der Waals surface area contributed by atoms with E-state index >= 15 is 0 Å². The molecule has 0 aliphatic heterocycles. The molecule has 1 N–H and O–H groups in total. The molecule has 2 heterocycles. The van der Waals surface area contributed by atoms with Crippen molar-refractivity contribution < 1.29 is 9.84 Å². The third-order valence-corrected chi connectivity index (χ3v) is 2.38. The number of ether oxygens (including phenoxy) is 1. The maximum atomic E-state index is 8.63. The summed E-state index contributed by atoms with van der Waals surface area (Å²) in [6.45, 7) is 0.375. The summed E-state index contributed by atoms with van der Waals surface area (Å²) in [5.74, 6) is 6.03. The number of aliphatic hydroxyl groups is 1. The summed E-state index contributed by atoms with van der Waals surface area (Å²) in [4.78, 5) is 8.26. The molecule has 0 aliphatic rings. The fourth-order valence-electron chi connectivity index (χ4n) is 1.53. The van der Waals surface area contributed by atoms with E-state index < -0.39 is 0 Å². The van der Waals surface area contributed by atoms with Crippen LogP contribution in [0.5, 0.6) is 5.75 Å². The molecule has 0 saturated heterocycles. The van der Waals surface area contributed by atoms with Gasteiger partial charge in [0.1, 0.15) is 12.4 Å². The van der Waals surface area contributed by atoms with Crippen LogP contribution >= 0.6 is 0 Å². The summed E-state index contributed by atoms with van der Waals surface area (Å²) in [6.07, 6.45) is 5.78. The second-order valence-corrected chi connectivity index (χ2v) is 3.79. The molecule has 0 radical (unpaired) electrons. The molecule has 0 amide bonds. The number of aliphatic hydroxyl groups excluding tert-OH is 1. The Balaban J connectivity index is 1.89. The number of hydrogen-bond donors (Lipinski definition) is 1. The van der Waals surface area contributed by atoms with E-state index in [1.54, 1.807) is 24.7 Å². The lowest BCUT2D eigenvalue weighted by Crippen LogP contribution is -2.03. The Morgan fingerprint density at radius 1 is 1.26 bits per heavy atom. The second-order valence-electron chi connectivity index (χ2n) is 3.79. The average molecular weight is 254 g/mol. The first kappa shape index (κ1) is 13.1. The van der Waals surface area contributed by atoms with Crippen molar-refractivity contribution in [1.82, 2.24) is 9.97 Å². The smallest absolute Gasteiger partial charge is 0.138 e. The standard InChI is InChI=1S/C15H14N2O2/c18-8-3-4-13-10-15(12-16-11-13)19-9-6-14-5-1-2-7-17-14/h1-2,5,7,10-12,18H,6,8-9H2. The van der Waals surface area contributed by atoms with Crippen molar-refractivity contribution >= 4 is 0 Å². The predicted octanol–water partition coefficient (Wildman–Crippen LogP) is 1.44. The van der Waals surface area contributed by atoms with E-state index in [9.17, 15) is 0 Å². The van der Waals surface area contributed by atoms with Gasteiger partial charge in [-0.1, -0.05) is 17.9 Å². The van der Waals surface area contributed by atoms with Crippen LogP contribution in [0.1, 0.15) is 11.3 Å². The van der Waals surface area contributed by atoms with Crippen molar-refractivity contribution in [3.8, 4) is 17.6 Å². The summed E-state index contributed by atoms with van der Waals surface area (Å²) in [6, 6.07) is 7.60. The molecule has 19 heavy (non-hydrogen) atoms. The fraction of sp³-hybridized carbons (Fsp3) is 0.200. The lowest BCUT2D eigenvalue weighted by atomic mass is 10.2. The highest BCUT2D eigenvalue weighted by atomic mass is 16.5. The van der Waals surface area contributed by atoms with Crippen LogP contribution in [0.3, 0.4) is 0 Å². The number of rotatable bonds is 4. The third-order valence-electron chi connectivity index (χ3n) is 2.38. The van der Waals surface area contributed by atoms with E-state index in [-0.39, 0.29) is 6.61 Å². The van der Waals surface area contributed by atoms with Crippen molar-refractivity contribution in [3.63, 3.8) is 0 Å². The minimum absolute atomic E-state index is 0.162. The molecule has 0 fully saturated rings. The molecule has 0 spiro atoms. The Morgan fingerprint density at radius 2 is 2.21 bits per heavy atom. The van der Waals surface area contributed by atoms with Crippen LogP contribution in [0.2, 0.25) is 0 Å². The summed E-state index contributed by atoms with van der Waals surface area (Å²) in [5, 5.41) is 8.63. The van der Waals surface area contributed by atoms with Gasteiger partial charge in [-0.2, -0.15) is 0 Å². The van der Waals surface area contributed by atoms with Crippen molar-refractivity contribution in [1.29, 1.82) is 0 Å². The zero-order chi connectivity index (χ0) is 13.3. The van der Waals surface area contributed by atoms with Crippen molar-refractivity contribution in [3.05, 3.63) is 54.1 Å². The van der Waals surface area contributed by atoms with Gasteiger partial charge in [-0.15, -0.1) is 0 Å². The minimum atomic E-state index is -0.162. The molecule has 0 aliphatic carbocycles. The second kappa shape index (κ2) is 7.14. The Morgan fingerprint density at radius 3 is 3.00 bits per heavy atom. The molecule has 0 atom stereocenters. The van der Waals surface area contributed by atoms with Gasteiger partial charge >= 0.3 is 0 Å². The molecule has 0 aromatic carbocycles. The van der Waals surface area contributed by atoms with Crippen LogP contribution in [0.4, 0.5) is 0 Å². The first-order valence-electron chi connectivity index (χ1n) is 5.96. The summed E-state index contributed by atoms with van der Waals surface area (Å²) in [7, 11) is 0. The highest BCUT2D eigenvalue weighted by molar-refractivity contribution is 5.36. The van der Waals surface area contributed by atoms with Crippen molar-refractivity contribution in [2.45, 2.75) is 6.42 Å². The molecule has 2 rings (SSSR count). The van der Waals surface area contributed by atoms with Gasteiger partial charge in [-0.05, 0) is 18.2 Å². The largest absolute Gasteiger partial charge is 0.492 e. The first-order valence-corrected chi connectivity index (χ1v) is 5.96. The fourth-order valence-corrected chi connectivity index (χ4v) is 1.53. The summed E-state index contributed by atoms with van der Waals surface area (Å²) in [5.41, 5.74) is 1.72. The Kier molecular flexibility index (Phi) is 4.91. The van der Waals surface area contributed by atoms with Crippen LogP contribution in [-0.4, -0.2) is 28.3 Å². The van der Waals surface area contributed by atoms with E-state index in [2.05, 4.69) is 21.8 Å². The van der Waals surface area contributed by atoms with E-state index in [0.717, 1.165) is 17.7 Å². The van der Waals surface area contributed by atoms with Crippen molar-refractivity contribution in [2.75, 3.05) is 13.2 Å². The van der Waals surface area contributed by atoms with Gasteiger partial charge in [0.25, 0.3) is 0 Å². The highest BCUT2D eigenvalue weighted by Gasteiger charge is 1.97. The molecule has 0 saturated carbocycles. The molecular weight excluding hydrogens is 240 g/mol. The number of pyridine rings is 2. The van der Waals surface area contributed by atoms with Gasteiger partial charge in [0, 0.05) is 30.1 Å². The lowest BCUT2D eigenvalue weighted by molar-refractivity contribution is 0.319. The molecule has 0 bridgehead atoms. The molecule has 0 unspecified atom stereocenters. The number of aromatic nitrogens is 2. The van der Waals surface area contributed by atoms with Gasteiger partial charge < -0.3 is 9.84 Å². The van der Waals surface area contributed by atoms with Crippen LogP contribution in [0, 0.1) is 11.8 Å². The van der Waals surface area contributed by atoms with Gasteiger partial charge in [0.15, 0.2) is 0 Å². The molecule has 96 valence electrons. The maximum Gasteiger partial charge on any atom is 0.138 e. The molecule has 2 aromatic rings. The highest BCUT2D eigenvalue weighted by Crippen LogP contribution is 2.10. The van der Waals surface area contributed by atoms with Crippen LogP contribution in [0.15, 0.2) is 42.9 Å². The van der Waals surface area contributed by atoms with Crippen LogP contribution in [-0.2, 0) is 6.42 Å². The van der Waals surface area contributed by atoms with Crippen molar-refractivity contribution in [2.24, 2.45) is 0 Å². The Bertz CT molecular complexity index is 573. The van der Waals surface area contributed by atoms with Crippen LogP contribution in [0.25, 0.3) is 0 Å². The summed E-state index contributed by atoms with van der Waals surface area (Å²) >= 11 is 0. The normalized spacial score (nSPS) is 9.53. The molecular formula is C15H14N2O2. The molecule has 4 heteroatoms. The number of nitrogens with zero attached hydrogens (tertiary/aromatic N) is 2. The van der Waals surface area contributed by atoms with Gasteiger partial charge in [0.2, 0.25) is 0 Å². The Hall–Kier alpha value is -2.38. The quantitative estimate of drug-likeness (QED) is 0.839. The summed E-state index contributed by atoms with van der Waals surface area (Å²) < 4.78 is 5.60. The first-order chi connectivity index (χ1) is 9.38. The zero-order valence-electron chi connectivity index (χ0n) is 10.4. The van der Waals surface area contributed by atoms with E-state index in [1.165, 1.54) is 0 Å². The number of hydrogen-bond acceptors (Lipinski definition) is 4. The monoisotopic (exact) mass is 254 g/mol. The van der Waals surface area contributed by atoms with Gasteiger partial charge in [-0.3, -0.25) is 9.97 Å². The van der Waals surface area contributed by atoms with E-state index in [4.69, 9.17) is 9.84 Å². The maximum absolute atomic E-state index is 8.63. The average Bonchev–Trinajstić information content (AvgIpc) is 2.47. The SMILES string of the molecule is OCC#Cc1cncc(OCCc2ccccn2)c1. The third kappa shape index (κ3) is 4.41. The van der Waals surface area contributed by atoms with Crippen LogP contribution < -0.4 is 4.74 Å². The van der Waals surface area contributed by atoms with E-state index in [1.807, 2.05) is 18.2 Å². The topological polar surface area (TPSA) is 55.2 Å². The lowest BCUT2D eigenvalue weighted by Gasteiger charge is -2.05. The van der Waals surface area contributed by atoms with Gasteiger partial charge in [-0.25, -0.2) is 0 Å². The van der Waals surface area contributed by atoms with E-state index in [0.29, 0.717) is 12.4 Å². The zero-order valence-corrected chi connectivity index (χ0v) is 10.4. The van der Waals surface area contributed by atoms with Gasteiger partial charge in [0.05, 0.1) is 12.8 Å². The predicted molar refractivity (Wildman–Crippen MR) is 71.6 cm³/mol. The minimum Gasteiger partial charge on any atom is -0.492 e. The molecule has 4 nitrogen and oxygen atoms in total. The Labute approximate surface area is 112 Å². The molecule has 2 aromatic heterocycles.